The summed E-state index contributed by atoms with van der Waals surface area (Å²) in [6.07, 6.45) is 0. The normalized spacial score (nSPS) is 13.1. The first-order valence-corrected chi connectivity index (χ1v) is 4.16. The van der Waals surface area contributed by atoms with Crippen LogP contribution in [-0.4, -0.2) is 12.6 Å². The van der Waals surface area contributed by atoms with Crippen LogP contribution in [0.5, 0.6) is 11.5 Å². The van der Waals surface area contributed by atoms with Crippen LogP contribution in [0.3, 0.4) is 0 Å². The fourth-order valence-electron chi connectivity index (χ4n) is 1.19. The first-order chi connectivity index (χ1) is 6.18. The third kappa shape index (κ3) is 1.35. The van der Waals surface area contributed by atoms with Crippen LogP contribution in [0, 0.1) is 0 Å². The van der Waals surface area contributed by atoms with E-state index in [9.17, 15) is 4.79 Å². The molecule has 0 atom stereocenters. The Morgan fingerprint density at radius 3 is 2.62 bits per heavy atom. The molecule has 0 fully saturated rings. The second kappa shape index (κ2) is 2.92. The highest BCUT2D eigenvalue weighted by molar-refractivity contribution is 6.34. The van der Waals surface area contributed by atoms with E-state index in [0.717, 1.165) is 0 Å². The average Bonchev–Trinajstić information content (AvgIpc) is 2.48. The van der Waals surface area contributed by atoms with E-state index in [2.05, 4.69) is 0 Å². The van der Waals surface area contributed by atoms with Gasteiger partial charge in [0, 0.05) is 11.6 Å². The van der Waals surface area contributed by atoms with Gasteiger partial charge in [-0.05, 0) is 13.0 Å². The van der Waals surface area contributed by atoms with Gasteiger partial charge in [-0.15, -0.1) is 0 Å². The number of Topliss-reactive ketones (excluding diaryl/α,β-unsaturated/α-hetero) is 1. The lowest BCUT2D eigenvalue weighted by Gasteiger charge is -2.01. The first-order valence-electron chi connectivity index (χ1n) is 3.78. The van der Waals surface area contributed by atoms with Gasteiger partial charge < -0.3 is 9.47 Å². The largest absolute Gasteiger partial charge is 0.454 e. The number of carbonyl (C=O) groups is 1. The SMILES string of the molecule is CC(=O)c1cc2c(cc1Cl)OCO2. The summed E-state index contributed by atoms with van der Waals surface area (Å²) in [7, 11) is 0. The van der Waals surface area contributed by atoms with Gasteiger partial charge in [-0.2, -0.15) is 0 Å². The minimum Gasteiger partial charge on any atom is -0.454 e. The van der Waals surface area contributed by atoms with Gasteiger partial charge in [0.25, 0.3) is 0 Å². The highest BCUT2D eigenvalue weighted by Gasteiger charge is 2.17. The summed E-state index contributed by atoms with van der Waals surface area (Å²) in [4.78, 5) is 11.1. The van der Waals surface area contributed by atoms with E-state index in [-0.39, 0.29) is 12.6 Å². The molecule has 0 aromatic heterocycles. The zero-order chi connectivity index (χ0) is 9.42. The van der Waals surface area contributed by atoms with Gasteiger partial charge in [0.2, 0.25) is 6.79 Å². The molecule has 1 aromatic carbocycles. The molecule has 1 aliphatic rings. The molecule has 0 spiro atoms. The molecule has 0 unspecified atom stereocenters. The summed E-state index contributed by atoms with van der Waals surface area (Å²) in [6, 6.07) is 3.20. The molecule has 1 aromatic rings. The average molecular weight is 199 g/mol. The van der Waals surface area contributed by atoms with Crippen molar-refractivity contribution in [3.8, 4) is 11.5 Å². The van der Waals surface area contributed by atoms with Gasteiger partial charge in [0.15, 0.2) is 17.3 Å². The van der Waals surface area contributed by atoms with Crippen molar-refractivity contribution in [2.24, 2.45) is 0 Å². The minimum absolute atomic E-state index is 0.0803. The molecule has 1 aliphatic heterocycles. The van der Waals surface area contributed by atoms with Gasteiger partial charge in [-0.25, -0.2) is 0 Å². The van der Waals surface area contributed by atoms with Gasteiger partial charge in [-0.3, -0.25) is 4.79 Å². The molecule has 4 heteroatoms. The number of ketones is 1. The lowest BCUT2D eigenvalue weighted by molar-refractivity contribution is 0.101. The van der Waals surface area contributed by atoms with Crippen molar-refractivity contribution in [3.05, 3.63) is 22.7 Å². The third-order valence-corrected chi connectivity index (χ3v) is 2.15. The van der Waals surface area contributed by atoms with Crippen molar-refractivity contribution in [2.45, 2.75) is 6.92 Å². The van der Waals surface area contributed by atoms with Crippen LogP contribution < -0.4 is 9.47 Å². The van der Waals surface area contributed by atoms with E-state index >= 15 is 0 Å². The zero-order valence-electron chi connectivity index (χ0n) is 6.96. The predicted molar refractivity (Wildman–Crippen MR) is 47.6 cm³/mol. The number of halogens is 1. The number of rotatable bonds is 1. The maximum atomic E-state index is 11.1. The molecular weight excluding hydrogens is 192 g/mol. The molecule has 0 bridgehead atoms. The smallest absolute Gasteiger partial charge is 0.231 e. The molecule has 13 heavy (non-hydrogen) atoms. The highest BCUT2D eigenvalue weighted by Crippen LogP contribution is 2.36. The molecular formula is C9H7ClO3. The third-order valence-electron chi connectivity index (χ3n) is 1.84. The number of hydrogen-bond acceptors (Lipinski definition) is 3. The van der Waals surface area contributed by atoms with Crippen LogP contribution in [0.15, 0.2) is 12.1 Å². The summed E-state index contributed by atoms with van der Waals surface area (Å²) in [6.45, 7) is 1.65. The molecule has 0 aliphatic carbocycles. The number of ether oxygens (including phenoxy) is 2. The van der Waals surface area contributed by atoms with E-state index in [1.165, 1.54) is 6.92 Å². The Kier molecular flexibility index (Phi) is 1.88. The fraction of sp³-hybridized carbons (Fsp3) is 0.222. The van der Waals surface area contributed by atoms with Crippen molar-refractivity contribution in [2.75, 3.05) is 6.79 Å². The molecule has 3 nitrogen and oxygen atoms in total. The first kappa shape index (κ1) is 8.38. The van der Waals surface area contributed by atoms with Gasteiger partial charge in [-0.1, -0.05) is 11.6 Å². The molecule has 1 heterocycles. The Bertz CT molecular complexity index is 373. The van der Waals surface area contributed by atoms with Crippen LogP contribution in [0.2, 0.25) is 5.02 Å². The summed E-state index contributed by atoms with van der Waals surface area (Å²) < 4.78 is 10.2. The summed E-state index contributed by atoms with van der Waals surface area (Å²) in [5.41, 5.74) is 0.464. The molecule has 0 saturated heterocycles. The molecule has 0 saturated carbocycles. The van der Waals surface area contributed by atoms with E-state index in [0.29, 0.717) is 22.1 Å². The van der Waals surface area contributed by atoms with E-state index < -0.39 is 0 Å². The molecule has 0 N–H and O–H groups in total. The van der Waals surface area contributed by atoms with Crippen LogP contribution in [0.25, 0.3) is 0 Å². The number of benzene rings is 1. The maximum absolute atomic E-state index is 11.1. The second-order valence-corrected chi connectivity index (χ2v) is 3.15. The topological polar surface area (TPSA) is 35.5 Å². The Morgan fingerprint density at radius 2 is 2.00 bits per heavy atom. The molecule has 0 amide bonds. The van der Waals surface area contributed by atoms with E-state index in [1.807, 2.05) is 0 Å². The predicted octanol–water partition coefficient (Wildman–Crippen LogP) is 2.27. The Hall–Kier alpha value is -1.22. The molecule has 0 radical (unpaired) electrons. The summed E-state index contributed by atoms with van der Waals surface area (Å²) >= 11 is 5.85. The number of fused-ring (bicyclic) bond motifs is 1. The van der Waals surface area contributed by atoms with E-state index in [4.69, 9.17) is 21.1 Å². The molecule has 2 rings (SSSR count). The Morgan fingerprint density at radius 1 is 1.38 bits per heavy atom. The van der Waals surface area contributed by atoms with Crippen molar-refractivity contribution in [3.63, 3.8) is 0 Å². The zero-order valence-corrected chi connectivity index (χ0v) is 7.72. The monoisotopic (exact) mass is 198 g/mol. The van der Waals surface area contributed by atoms with Crippen molar-refractivity contribution < 1.29 is 14.3 Å². The lowest BCUT2D eigenvalue weighted by Crippen LogP contribution is -1.93. The maximum Gasteiger partial charge on any atom is 0.231 e. The van der Waals surface area contributed by atoms with Crippen LogP contribution >= 0.6 is 11.6 Å². The highest BCUT2D eigenvalue weighted by atomic mass is 35.5. The summed E-state index contributed by atoms with van der Waals surface area (Å²) in [5.74, 6) is 1.09. The Balaban J connectivity index is 2.55. The number of hydrogen-bond donors (Lipinski definition) is 0. The Labute approximate surface area is 80.2 Å². The van der Waals surface area contributed by atoms with Crippen LogP contribution in [-0.2, 0) is 0 Å². The quantitative estimate of drug-likeness (QED) is 0.650. The van der Waals surface area contributed by atoms with Crippen LogP contribution in [0.1, 0.15) is 17.3 Å². The molecule has 68 valence electrons. The summed E-state index contributed by atoms with van der Waals surface area (Å²) in [5, 5.41) is 0.400. The van der Waals surface area contributed by atoms with Crippen LogP contribution in [0.4, 0.5) is 0 Å². The van der Waals surface area contributed by atoms with Crippen molar-refractivity contribution in [1.82, 2.24) is 0 Å². The fourth-order valence-corrected chi connectivity index (χ4v) is 1.47. The standard InChI is InChI=1S/C9H7ClO3/c1-5(11)6-2-8-9(3-7(6)10)13-4-12-8/h2-3H,4H2,1H3. The van der Waals surface area contributed by atoms with Gasteiger partial charge >= 0.3 is 0 Å². The van der Waals surface area contributed by atoms with Crippen molar-refractivity contribution >= 4 is 17.4 Å². The van der Waals surface area contributed by atoms with E-state index in [1.54, 1.807) is 12.1 Å². The van der Waals surface area contributed by atoms with Gasteiger partial charge in [0.05, 0.1) is 5.02 Å². The number of carbonyl (C=O) groups excluding carboxylic acids is 1. The van der Waals surface area contributed by atoms with Crippen molar-refractivity contribution in [1.29, 1.82) is 0 Å². The van der Waals surface area contributed by atoms with Gasteiger partial charge in [0.1, 0.15) is 0 Å². The lowest BCUT2D eigenvalue weighted by atomic mass is 10.1. The second-order valence-electron chi connectivity index (χ2n) is 2.74. The minimum atomic E-state index is -0.0803.